The number of carbonyl (C=O) groups is 2. The fourth-order valence-electron chi connectivity index (χ4n) is 5.08. The lowest BCUT2D eigenvalue weighted by Crippen LogP contribution is -2.62. The van der Waals surface area contributed by atoms with Gasteiger partial charge in [0.2, 0.25) is 5.91 Å². The Labute approximate surface area is 164 Å². The Kier molecular flexibility index (Phi) is 4.34. The van der Waals surface area contributed by atoms with E-state index in [9.17, 15) is 9.59 Å². The van der Waals surface area contributed by atoms with E-state index in [2.05, 4.69) is 22.1 Å². The number of hydrogen-bond acceptors (Lipinski definition) is 5. The van der Waals surface area contributed by atoms with E-state index in [-0.39, 0.29) is 17.9 Å². The second-order valence-corrected chi connectivity index (χ2v) is 8.30. The van der Waals surface area contributed by atoms with Crippen LogP contribution in [0.15, 0.2) is 22.9 Å². The molecule has 0 aliphatic carbocycles. The lowest BCUT2D eigenvalue weighted by molar-refractivity contribution is -0.119. The van der Waals surface area contributed by atoms with E-state index in [0.29, 0.717) is 36.2 Å². The Bertz CT molecular complexity index is 914. The van der Waals surface area contributed by atoms with Crippen molar-refractivity contribution in [2.45, 2.75) is 51.1 Å². The van der Waals surface area contributed by atoms with E-state index in [1.807, 2.05) is 0 Å². The number of carbonyl (C=O) groups excluding carboxylic acids is 2. The fraction of sp³-hybridized carbons (Fsp3) is 0.571. The maximum atomic E-state index is 12.9. The third-order valence-electron chi connectivity index (χ3n) is 6.76. The average Bonchev–Trinajstić information content (AvgIpc) is 3.14. The number of fused-ring (bicyclic) bond motifs is 4. The van der Waals surface area contributed by atoms with Crippen molar-refractivity contribution in [2.24, 2.45) is 5.92 Å². The zero-order valence-corrected chi connectivity index (χ0v) is 16.2. The summed E-state index contributed by atoms with van der Waals surface area (Å²) in [6.45, 7) is 5.15. The van der Waals surface area contributed by atoms with Gasteiger partial charge in [-0.05, 0) is 57.7 Å². The summed E-state index contributed by atoms with van der Waals surface area (Å²) < 4.78 is 5.60. The largest absolute Gasteiger partial charge is 0.460 e. The molecular formula is C21H26N4O3. The minimum Gasteiger partial charge on any atom is -0.460 e. The van der Waals surface area contributed by atoms with E-state index in [4.69, 9.17) is 4.42 Å². The van der Waals surface area contributed by atoms with E-state index in [0.717, 1.165) is 49.8 Å². The Balaban J connectivity index is 1.40. The first kappa shape index (κ1) is 17.7. The van der Waals surface area contributed by atoms with Crippen molar-refractivity contribution < 1.29 is 14.0 Å². The van der Waals surface area contributed by atoms with Crippen LogP contribution >= 0.6 is 0 Å². The van der Waals surface area contributed by atoms with Crippen LogP contribution in [0.3, 0.4) is 0 Å². The first-order chi connectivity index (χ1) is 13.6. The van der Waals surface area contributed by atoms with Crippen LogP contribution in [0.1, 0.15) is 49.5 Å². The second-order valence-electron chi connectivity index (χ2n) is 8.30. The molecule has 2 amide bonds. The third kappa shape index (κ3) is 2.89. The van der Waals surface area contributed by atoms with Crippen molar-refractivity contribution in [2.75, 3.05) is 24.5 Å². The molecule has 4 aliphatic heterocycles. The van der Waals surface area contributed by atoms with Gasteiger partial charge in [0, 0.05) is 30.4 Å². The minimum atomic E-state index is -0.148. The molecule has 2 aromatic heterocycles. The molecule has 7 nitrogen and oxygen atoms in total. The molecule has 148 valence electrons. The van der Waals surface area contributed by atoms with Crippen molar-refractivity contribution in [3.8, 4) is 0 Å². The predicted octanol–water partition coefficient (Wildman–Crippen LogP) is 2.56. The van der Waals surface area contributed by atoms with Crippen molar-refractivity contribution in [3.05, 3.63) is 24.2 Å². The molecule has 2 bridgehead atoms. The topological polar surface area (TPSA) is 78.7 Å². The summed E-state index contributed by atoms with van der Waals surface area (Å²) in [5.41, 5.74) is 1.72. The highest BCUT2D eigenvalue weighted by Crippen LogP contribution is 2.33. The zero-order chi connectivity index (χ0) is 19.3. The number of anilines is 1. The van der Waals surface area contributed by atoms with E-state index in [1.165, 1.54) is 0 Å². The maximum Gasteiger partial charge on any atom is 0.270 e. The number of pyridine rings is 1. The monoisotopic (exact) mass is 382 g/mol. The third-order valence-corrected chi connectivity index (χ3v) is 6.76. The first-order valence-electron chi connectivity index (χ1n) is 10.3. The summed E-state index contributed by atoms with van der Waals surface area (Å²) in [6.07, 6.45) is 7.94. The molecule has 28 heavy (non-hydrogen) atoms. The number of aromatic nitrogens is 1. The normalized spacial score (nSPS) is 30.0. The number of amides is 2. The molecule has 2 atom stereocenters. The van der Waals surface area contributed by atoms with Crippen LogP contribution in [0.25, 0.3) is 11.0 Å². The van der Waals surface area contributed by atoms with Gasteiger partial charge in [0.15, 0.2) is 5.58 Å². The molecule has 0 saturated carbocycles. The number of rotatable bonds is 3. The van der Waals surface area contributed by atoms with E-state index >= 15 is 0 Å². The van der Waals surface area contributed by atoms with Crippen LogP contribution < -0.4 is 10.2 Å². The summed E-state index contributed by atoms with van der Waals surface area (Å²) in [5.74, 6) is 0.505. The van der Waals surface area contributed by atoms with Gasteiger partial charge in [0.05, 0.1) is 11.9 Å². The molecule has 0 unspecified atom stereocenters. The van der Waals surface area contributed by atoms with Gasteiger partial charge in [-0.1, -0.05) is 0 Å². The molecule has 2 aromatic rings. The van der Waals surface area contributed by atoms with Gasteiger partial charge in [-0.2, -0.15) is 0 Å². The fourth-order valence-corrected chi connectivity index (χ4v) is 5.08. The zero-order valence-electron chi connectivity index (χ0n) is 16.2. The molecule has 0 spiro atoms. The highest BCUT2D eigenvalue weighted by molar-refractivity contribution is 6.04. The smallest absolute Gasteiger partial charge is 0.270 e. The molecule has 0 aromatic carbocycles. The molecule has 4 fully saturated rings. The standard InChI is InChI=1S/C21H26N4O3/c1-13-20(14-5-8-24(13)9-6-14)23-21(27)16-10-15-17(12-28-18(15)11-22-16)25-7-3-2-4-19(25)26/h10-14,20H,2-9H2,1H3,(H,23,27)/t13-,20+/m1/s1. The van der Waals surface area contributed by atoms with Crippen LogP contribution in [0, 0.1) is 5.92 Å². The first-order valence-corrected chi connectivity index (χ1v) is 10.3. The summed E-state index contributed by atoms with van der Waals surface area (Å²) in [5, 5.41) is 4.00. The van der Waals surface area contributed by atoms with Crippen molar-refractivity contribution in [3.63, 3.8) is 0 Å². The maximum absolute atomic E-state index is 12.9. The van der Waals surface area contributed by atoms with Crippen LogP contribution in [0.4, 0.5) is 5.69 Å². The van der Waals surface area contributed by atoms with Gasteiger partial charge < -0.3 is 14.6 Å². The van der Waals surface area contributed by atoms with Gasteiger partial charge in [-0.15, -0.1) is 0 Å². The number of furan rings is 1. The Morgan fingerprint density at radius 2 is 2.07 bits per heavy atom. The lowest BCUT2D eigenvalue weighted by Gasteiger charge is -2.49. The lowest BCUT2D eigenvalue weighted by atomic mass is 9.79. The predicted molar refractivity (Wildman–Crippen MR) is 105 cm³/mol. The van der Waals surface area contributed by atoms with Gasteiger partial charge in [0.25, 0.3) is 5.91 Å². The number of piperidine rings is 4. The Hall–Kier alpha value is -2.41. The molecule has 7 heteroatoms. The van der Waals surface area contributed by atoms with E-state index < -0.39 is 0 Å². The molecule has 4 saturated heterocycles. The molecule has 6 rings (SSSR count). The van der Waals surface area contributed by atoms with Crippen molar-refractivity contribution >= 4 is 28.5 Å². The van der Waals surface area contributed by atoms with Crippen molar-refractivity contribution in [1.29, 1.82) is 0 Å². The summed E-state index contributed by atoms with van der Waals surface area (Å²) in [6, 6.07) is 2.29. The highest BCUT2D eigenvalue weighted by atomic mass is 16.3. The highest BCUT2D eigenvalue weighted by Gasteiger charge is 2.40. The van der Waals surface area contributed by atoms with Crippen LogP contribution in [0.2, 0.25) is 0 Å². The molecule has 4 aliphatic rings. The molecule has 6 heterocycles. The Morgan fingerprint density at radius 1 is 1.25 bits per heavy atom. The Morgan fingerprint density at radius 3 is 2.82 bits per heavy atom. The van der Waals surface area contributed by atoms with E-state index in [1.54, 1.807) is 23.4 Å². The quantitative estimate of drug-likeness (QED) is 0.883. The molecule has 1 N–H and O–H groups in total. The SMILES string of the molecule is C[C@@H]1[C@H](NC(=O)c2cc3c(N4CCCCC4=O)coc3cn2)C2CCN1CC2. The minimum absolute atomic E-state index is 0.109. The average molecular weight is 382 g/mol. The van der Waals surface area contributed by atoms with Gasteiger partial charge >= 0.3 is 0 Å². The summed E-state index contributed by atoms with van der Waals surface area (Å²) in [7, 11) is 0. The van der Waals surface area contributed by atoms with Crippen molar-refractivity contribution in [1.82, 2.24) is 15.2 Å². The van der Waals surface area contributed by atoms with Crippen LogP contribution in [0.5, 0.6) is 0 Å². The van der Waals surface area contributed by atoms with Gasteiger partial charge in [0.1, 0.15) is 12.0 Å². The molecular weight excluding hydrogens is 356 g/mol. The number of hydrogen-bond donors (Lipinski definition) is 1. The van der Waals surface area contributed by atoms with Gasteiger partial charge in [-0.25, -0.2) is 4.98 Å². The van der Waals surface area contributed by atoms with Crippen LogP contribution in [-0.4, -0.2) is 53.4 Å². The second kappa shape index (κ2) is 6.88. The summed E-state index contributed by atoms with van der Waals surface area (Å²) >= 11 is 0. The van der Waals surface area contributed by atoms with Crippen LogP contribution in [-0.2, 0) is 4.79 Å². The summed E-state index contributed by atoms with van der Waals surface area (Å²) in [4.78, 5) is 33.8. The molecule has 0 radical (unpaired) electrons. The number of nitrogens with zero attached hydrogens (tertiary/aromatic N) is 3. The van der Waals surface area contributed by atoms with Gasteiger partial charge in [-0.3, -0.25) is 14.5 Å². The number of nitrogens with one attached hydrogen (secondary N) is 1.